The van der Waals surface area contributed by atoms with Crippen LogP contribution in [0.2, 0.25) is 0 Å². The van der Waals surface area contributed by atoms with Crippen molar-refractivity contribution >= 4 is 18.1 Å². The fourth-order valence-corrected chi connectivity index (χ4v) is 0.868. The van der Waals surface area contributed by atoms with Crippen LogP contribution in [0.4, 0.5) is 5.69 Å². The van der Waals surface area contributed by atoms with Crippen LogP contribution in [-0.2, 0) is 6.54 Å². The van der Waals surface area contributed by atoms with Crippen LogP contribution in [-0.4, -0.2) is 9.55 Å². The Morgan fingerprint density at radius 1 is 1.67 bits per heavy atom. The van der Waals surface area contributed by atoms with Gasteiger partial charge < -0.3 is 5.73 Å². The zero-order valence-corrected chi connectivity index (χ0v) is 7.67. The van der Waals surface area contributed by atoms with Gasteiger partial charge >= 0.3 is 0 Å². The van der Waals surface area contributed by atoms with Crippen molar-refractivity contribution in [2.45, 2.75) is 19.9 Å². The van der Waals surface area contributed by atoms with Crippen LogP contribution in [0.25, 0.3) is 0 Å². The smallest absolute Gasteiger partial charge is 0.276 e. The fourth-order valence-electron chi connectivity index (χ4n) is 0.868. The van der Waals surface area contributed by atoms with E-state index in [0.29, 0.717) is 6.54 Å². The van der Waals surface area contributed by atoms with Crippen LogP contribution in [0, 0.1) is 0 Å². The van der Waals surface area contributed by atoms with Crippen molar-refractivity contribution in [1.82, 2.24) is 9.55 Å². The van der Waals surface area contributed by atoms with Crippen LogP contribution in [0.15, 0.2) is 17.3 Å². The highest BCUT2D eigenvalue weighted by Gasteiger charge is 1.96. The number of rotatable bonds is 2. The number of nitrogens with zero attached hydrogens (tertiary/aromatic N) is 2. The molecule has 0 saturated carbocycles. The molecule has 4 nitrogen and oxygen atoms in total. The molecule has 68 valence electrons. The van der Waals surface area contributed by atoms with Crippen molar-refractivity contribution in [2.75, 3.05) is 5.73 Å². The van der Waals surface area contributed by atoms with E-state index in [1.807, 2.05) is 6.92 Å². The Hall–Kier alpha value is -1.03. The first-order chi connectivity index (χ1) is 5.25. The van der Waals surface area contributed by atoms with Crippen molar-refractivity contribution in [3.05, 3.63) is 22.9 Å². The highest BCUT2D eigenvalue weighted by molar-refractivity contribution is 5.85. The second kappa shape index (κ2) is 4.77. The molecule has 1 rings (SSSR count). The van der Waals surface area contributed by atoms with Crippen LogP contribution in [0.3, 0.4) is 0 Å². The molecule has 0 aromatic carbocycles. The Balaban J connectivity index is 0.00000121. The highest BCUT2D eigenvalue weighted by Crippen LogP contribution is 1.88. The lowest BCUT2D eigenvalue weighted by atomic mass is 10.4. The molecule has 0 atom stereocenters. The first-order valence-corrected chi connectivity index (χ1v) is 3.55. The molecule has 5 heteroatoms. The molecule has 12 heavy (non-hydrogen) atoms. The maximum Gasteiger partial charge on any atom is 0.276 e. The first kappa shape index (κ1) is 11.0. The topological polar surface area (TPSA) is 60.9 Å². The van der Waals surface area contributed by atoms with Crippen LogP contribution in [0.5, 0.6) is 0 Å². The minimum absolute atomic E-state index is 0. The van der Waals surface area contributed by atoms with E-state index >= 15 is 0 Å². The molecule has 1 heterocycles. The lowest BCUT2D eigenvalue weighted by Gasteiger charge is -2.01. The normalized spacial score (nSPS) is 9.08. The predicted octanol–water partition coefficient (Wildman–Crippen LogP) is 0.657. The molecule has 0 amide bonds. The number of aromatic nitrogens is 2. The molecule has 0 aliphatic carbocycles. The van der Waals surface area contributed by atoms with E-state index in [1.54, 1.807) is 0 Å². The molecule has 0 radical (unpaired) electrons. The predicted molar refractivity (Wildman–Crippen MR) is 50.4 cm³/mol. The molecular formula is C7H12ClN3O. The second-order valence-corrected chi connectivity index (χ2v) is 2.35. The van der Waals surface area contributed by atoms with Crippen molar-refractivity contribution in [3.63, 3.8) is 0 Å². The van der Waals surface area contributed by atoms with Gasteiger partial charge in [-0.25, -0.2) is 4.98 Å². The molecule has 0 saturated heterocycles. The number of hydrogen-bond donors (Lipinski definition) is 1. The standard InChI is InChI=1S/C7H11N3O.ClH/c1-2-3-10-5-9-4-6(8)7(10)11;/h4-5H,2-3,8H2,1H3;1H. The molecule has 0 unspecified atom stereocenters. The van der Waals surface area contributed by atoms with Gasteiger partial charge in [0.25, 0.3) is 5.56 Å². The fraction of sp³-hybridized carbons (Fsp3) is 0.429. The number of anilines is 1. The number of nitrogen functional groups attached to an aromatic ring is 1. The van der Waals surface area contributed by atoms with Crippen molar-refractivity contribution < 1.29 is 0 Å². The average molecular weight is 190 g/mol. The van der Waals surface area contributed by atoms with Crippen molar-refractivity contribution in [1.29, 1.82) is 0 Å². The second-order valence-electron chi connectivity index (χ2n) is 2.35. The summed E-state index contributed by atoms with van der Waals surface area (Å²) in [6, 6.07) is 0. The molecule has 0 bridgehead atoms. The van der Waals surface area contributed by atoms with E-state index < -0.39 is 0 Å². The number of halogens is 1. The Kier molecular flexibility index (Phi) is 4.36. The monoisotopic (exact) mass is 189 g/mol. The van der Waals surface area contributed by atoms with Crippen LogP contribution in [0.1, 0.15) is 13.3 Å². The molecular weight excluding hydrogens is 178 g/mol. The SMILES string of the molecule is CCCn1cncc(N)c1=O.Cl. The lowest BCUT2D eigenvalue weighted by molar-refractivity contribution is 0.642. The summed E-state index contributed by atoms with van der Waals surface area (Å²) >= 11 is 0. The Morgan fingerprint density at radius 3 is 2.92 bits per heavy atom. The summed E-state index contributed by atoms with van der Waals surface area (Å²) in [5, 5.41) is 0. The molecule has 0 fully saturated rings. The van der Waals surface area contributed by atoms with Crippen LogP contribution >= 0.6 is 12.4 Å². The van der Waals surface area contributed by atoms with E-state index in [2.05, 4.69) is 4.98 Å². The van der Waals surface area contributed by atoms with E-state index in [9.17, 15) is 4.79 Å². The van der Waals surface area contributed by atoms with Gasteiger partial charge in [0.15, 0.2) is 0 Å². The molecule has 0 spiro atoms. The van der Waals surface area contributed by atoms with E-state index in [-0.39, 0.29) is 23.7 Å². The first-order valence-electron chi connectivity index (χ1n) is 3.55. The molecule has 0 aliphatic heterocycles. The Bertz CT molecular complexity index is 297. The van der Waals surface area contributed by atoms with Gasteiger partial charge in [0.1, 0.15) is 5.69 Å². The third-order valence-corrected chi connectivity index (χ3v) is 1.39. The van der Waals surface area contributed by atoms with Gasteiger partial charge in [0.2, 0.25) is 0 Å². The average Bonchev–Trinajstić information content (AvgIpc) is 1.99. The van der Waals surface area contributed by atoms with E-state index in [1.165, 1.54) is 17.1 Å². The van der Waals surface area contributed by atoms with Gasteiger partial charge in [-0.3, -0.25) is 9.36 Å². The third-order valence-electron chi connectivity index (χ3n) is 1.39. The lowest BCUT2D eigenvalue weighted by Crippen LogP contribution is -2.22. The summed E-state index contributed by atoms with van der Waals surface area (Å²) in [6.07, 6.45) is 3.78. The molecule has 1 aromatic rings. The summed E-state index contributed by atoms with van der Waals surface area (Å²) in [6.45, 7) is 2.67. The van der Waals surface area contributed by atoms with Gasteiger partial charge in [-0.05, 0) is 6.42 Å². The van der Waals surface area contributed by atoms with Gasteiger partial charge in [-0.2, -0.15) is 0 Å². The Labute approximate surface area is 76.8 Å². The molecule has 2 N–H and O–H groups in total. The third kappa shape index (κ3) is 2.23. The minimum atomic E-state index is -0.151. The zero-order valence-electron chi connectivity index (χ0n) is 6.86. The van der Waals surface area contributed by atoms with Gasteiger partial charge in [-0.15, -0.1) is 12.4 Å². The van der Waals surface area contributed by atoms with Gasteiger partial charge in [-0.1, -0.05) is 6.92 Å². The maximum atomic E-state index is 11.2. The largest absolute Gasteiger partial charge is 0.393 e. The van der Waals surface area contributed by atoms with E-state index in [4.69, 9.17) is 5.73 Å². The number of aryl methyl sites for hydroxylation is 1. The summed E-state index contributed by atoms with van der Waals surface area (Å²) in [5.41, 5.74) is 5.41. The molecule has 0 aliphatic rings. The maximum absolute atomic E-state index is 11.2. The summed E-state index contributed by atoms with van der Waals surface area (Å²) in [7, 11) is 0. The highest BCUT2D eigenvalue weighted by atomic mass is 35.5. The van der Waals surface area contributed by atoms with Gasteiger partial charge in [0, 0.05) is 6.54 Å². The van der Waals surface area contributed by atoms with Crippen molar-refractivity contribution in [2.24, 2.45) is 0 Å². The van der Waals surface area contributed by atoms with E-state index in [0.717, 1.165) is 6.42 Å². The summed E-state index contributed by atoms with van der Waals surface area (Å²) < 4.78 is 1.51. The van der Waals surface area contributed by atoms with Crippen LogP contribution < -0.4 is 11.3 Å². The number of nitrogens with two attached hydrogens (primary N) is 1. The number of hydrogen-bond acceptors (Lipinski definition) is 3. The minimum Gasteiger partial charge on any atom is -0.393 e. The quantitative estimate of drug-likeness (QED) is 0.744. The summed E-state index contributed by atoms with van der Waals surface area (Å²) in [4.78, 5) is 15.0. The van der Waals surface area contributed by atoms with Crippen molar-refractivity contribution in [3.8, 4) is 0 Å². The Morgan fingerprint density at radius 2 is 2.33 bits per heavy atom. The van der Waals surface area contributed by atoms with Gasteiger partial charge in [0.05, 0.1) is 12.5 Å². The summed E-state index contributed by atoms with van der Waals surface area (Å²) in [5.74, 6) is 0. The zero-order chi connectivity index (χ0) is 8.27. The molecule has 1 aromatic heterocycles.